The molecule has 0 unspecified atom stereocenters. The van der Waals surface area contributed by atoms with Crippen molar-refractivity contribution in [1.29, 1.82) is 0 Å². The van der Waals surface area contributed by atoms with E-state index in [4.69, 9.17) is 0 Å². The molecule has 0 amide bonds. The molecule has 0 fully saturated rings. The smallest absolute Gasteiger partial charge is 0.216 e. The van der Waals surface area contributed by atoms with Crippen LogP contribution in [0, 0.1) is 0 Å². The molecule has 0 aliphatic rings. The lowest BCUT2D eigenvalue weighted by Gasteiger charge is -2.09. The molecule has 18 heavy (non-hydrogen) atoms. The molecule has 0 bridgehead atoms. The molecule has 0 heterocycles. The predicted molar refractivity (Wildman–Crippen MR) is 79.1 cm³/mol. The second kappa shape index (κ2) is 5.69. The van der Waals surface area contributed by atoms with Crippen molar-refractivity contribution in [2.45, 2.75) is 6.42 Å². The van der Waals surface area contributed by atoms with E-state index in [1.165, 1.54) is 0 Å². The summed E-state index contributed by atoms with van der Waals surface area (Å²) in [5, 5.41) is -0.193. The first-order chi connectivity index (χ1) is 8.72. The summed E-state index contributed by atoms with van der Waals surface area (Å²) in [5.74, 6) is 0. The van der Waals surface area contributed by atoms with Crippen LogP contribution in [0.3, 0.4) is 0 Å². The Morgan fingerprint density at radius 3 is 2.33 bits per heavy atom. The fourth-order valence-electron chi connectivity index (χ4n) is 1.98. The number of carbonyl (C=O) groups excluding carboxylic acids is 1. The van der Waals surface area contributed by atoms with Gasteiger partial charge in [0.25, 0.3) is 0 Å². The van der Waals surface area contributed by atoms with Crippen LogP contribution in [0.25, 0.3) is 6.08 Å². The second-order valence-corrected chi connectivity index (χ2v) is 4.45. The van der Waals surface area contributed by atoms with Crippen LogP contribution in [0.5, 0.6) is 0 Å². The predicted octanol–water partition coefficient (Wildman–Crippen LogP) is 3.99. The average Bonchev–Trinajstić information content (AvgIpc) is 2.40. The molecule has 2 rings (SSSR count). The Bertz CT molecular complexity index is 587. The molecule has 0 saturated carbocycles. The van der Waals surface area contributed by atoms with Crippen molar-refractivity contribution < 1.29 is 4.79 Å². The first-order valence-corrected chi connectivity index (χ1v) is 6.18. The van der Waals surface area contributed by atoms with E-state index in [-0.39, 0.29) is 5.12 Å². The van der Waals surface area contributed by atoms with Crippen LogP contribution in [0.1, 0.15) is 27.0 Å². The van der Waals surface area contributed by atoms with E-state index in [0.29, 0.717) is 12.0 Å². The zero-order chi connectivity index (χ0) is 13.0. The topological polar surface area (TPSA) is 17.1 Å². The second-order valence-electron chi connectivity index (χ2n) is 4.04. The lowest BCUT2D eigenvalue weighted by atomic mass is 9.97. The van der Waals surface area contributed by atoms with Gasteiger partial charge in [0.05, 0.1) is 0 Å². The van der Waals surface area contributed by atoms with Crippen molar-refractivity contribution in [1.82, 2.24) is 0 Å². The number of rotatable bonds is 4. The highest BCUT2D eigenvalue weighted by Crippen LogP contribution is 2.19. The number of hydrogen-bond donors (Lipinski definition) is 1. The third-order valence-electron chi connectivity index (χ3n) is 2.90. The van der Waals surface area contributed by atoms with Gasteiger partial charge in [-0.05, 0) is 23.1 Å². The lowest BCUT2D eigenvalue weighted by molar-refractivity contribution is 0.109. The molecule has 0 spiro atoms. The van der Waals surface area contributed by atoms with Crippen molar-refractivity contribution in [2.75, 3.05) is 0 Å². The summed E-state index contributed by atoms with van der Waals surface area (Å²) >= 11 is 3.91. The third kappa shape index (κ3) is 2.71. The van der Waals surface area contributed by atoms with Crippen molar-refractivity contribution in [3.63, 3.8) is 0 Å². The first kappa shape index (κ1) is 12.7. The van der Waals surface area contributed by atoms with Gasteiger partial charge >= 0.3 is 0 Å². The quantitative estimate of drug-likeness (QED) is 0.816. The zero-order valence-electron chi connectivity index (χ0n) is 9.97. The zero-order valence-corrected chi connectivity index (χ0v) is 10.9. The van der Waals surface area contributed by atoms with Crippen LogP contribution in [-0.4, -0.2) is 5.12 Å². The van der Waals surface area contributed by atoms with E-state index in [2.05, 4.69) is 25.3 Å². The minimum atomic E-state index is -0.193. The molecule has 2 aromatic rings. The summed E-state index contributed by atoms with van der Waals surface area (Å²) in [4.78, 5) is 11.5. The number of benzene rings is 2. The molecule has 2 heteroatoms. The molecule has 0 N–H and O–H groups in total. The number of thiol groups is 1. The normalized spacial score (nSPS) is 10.1. The highest BCUT2D eigenvalue weighted by molar-refractivity contribution is 7.97. The van der Waals surface area contributed by atoms with Gasteiger partial charge in [0.2, 0.25) is 5.12 Å². The molecule has 90 valence electrons. The van der Waals surface area contributed by atoms with Gasteiger partial charge in [0, 0.05) is 5.56 Å². The van der Waals surface area contributed by atoms with Gasteiger partial charge < -0.3 is 0 Å². The summed E-state index contributed by atoms with van der Waals surface area (Å²) in [6.07, 6.45) is 2.55. The Hall–Kier alpha value is -1.80. The fraction of sp³-hybridized carbons (Fsp3) is 0.0625. The van der Waals surface area contributed by atoms with E-state index in [0.717, 1.165) is 16.7 Å². The molecular formula is C16H14OS. The van der Waals surface area contributed by atoms with E-state index in [9.17, 15) is 4.79 Å². The summed E-state index contributed by atoms with van der Waals surface area (Å²) in [6.45, 7) is 3.81. The molecular weight excluding hydrogens is 240 g/mol. The number of hydrogen-bond acceptors (Lipinski definition) is 1. The van der Waals surface area contributed by atoms with Crippen molar-refractivity contribution in [2.24, 2.45) is 0 Å². The van der Waals surface area contributed by atoms with Crippen LogP contribution in [0.15, 0.2) is 55.1 Å². The van der Waals surface area contributed by atoms with Crippen molar-refractivity contribution in [3.8, 4) is 0 Å². The third-order valence-corrected chi connectivity index (χ3v) is 3.14. The van der Waals surface area contributed by atoms with E-state index < -0.39 is 0 Å². The first-order valence-electron chi connectivity index (χ1n) is 5.74. The van der Waals surface area contributed by atoms with Gasteiger partial charge in [0.15, 0.2) is 0 Å². The van der Waals surface area contributed by atoms with E-state index in [1.807, 2.05) is 42.5 Å². The summed E-state index contributed by atoms with van der Waals surface area (Å²) in [5.41, 5.74) is 3.92. The van der Waals surface area contributed by atoms with Gasteiger partial charge in [-0.1, -0.05) is 61.2 Å². The maximum Gasteiger partial charge on any atom is 0.216 e. The lowest BCUT2D eigenvalue weighted by Crippen LogP contribution is -1.99. The molecule has 0 aliphatic heterocycles. The SMILES string of the molecule is C=Cc1ccccc1Cc1ccccc1C(=O)S. The monoisotopic (exact) mass is 254 g/mol. The average molecular weight is 254 g/mol. The minimum absolute atomic E-state index is 0.193. The number of carbonyl (C=O) groups is 1. The van der Waals surface area contributed by atoms with Gasteiger partial charge in [-0.3, -0.25) is 4.79 Å². The summed E-state index contributed by atoms with van der Waals surface area (Å²) < 4.78 is 0. The Kier molecular flexibility index (Phi) is 4.00. The highest BCUT2D eigenvalue weighted by atomic mass is 32.1. The molecule has 0 radical (unpaired) electrons. The Labute approximate surface area is 113 Å². The molecule has 0 saturated heterocycles. The van der Waals surface area contributed by atoms with E-state index >= 15 is 0 Å². The molecule has 0 aliphatic carbocycles. The molecule has 0 atom stereocenters. The maximum atomic E-state index is 11.5. The van der Waals surface area contributed by atoms with Gasteiger partial charge in [-0.25, -0.2) is 0 Å². The van der Waals surface area contributed by atoms with Crippen LogP contribution in [0.4, 0.5) is 0 Å². The molecule has 1 nitrogen and oxygen atoms in total. The van der Waals surface area contributed by atoms with Crippen LogP contribution in [0.2, 0.25) is 0 Å². The van der Waals surface area contributed by atoms with Crippen molar-refractivity contribution >= 4 is 23.8 Å². The summed E-state index contributed by atoms with van der Waals surface area (Å²) in [6, 6.07) is 15.6. The van der Waals surface area contributed by atoms with Crippen LogP contribution < -0.4 is 0 Å². The largest absolute Gasteiger partial charge is 0.282 e. The minimum Gasteiger partial charge on any atom is -0.282 e. The fourth-order valence-corrected chi connectivity index (χ4v) is 2.20. The van der Waals surface area contributed by atoms with Gasteiger partial charge in [-0.2, -0.15) is 0 Å². The summed E-state index contributed by atoms with van der Waals surface area (Å²) in [7, 11) is 0. The van der Waals surface area contributed by atoms with Gasteiger partial charge in [0.1, 0.15) is 0 Å². The van der Waals surface area contributed by atoms with Gasteiger partial charge in [-0.15, -0.1) is 12.6 Å². The Morgan fingerprint density at radius 2 is 1.67 bits per heavy atom. The maximum absolute atomic E-state index is 11.5. The highest BCUT2D eigenvalue weighted by Gasteiger charge is 2.08. The van der Waals surface area contributed by atoms with Crippen molar-refractivity contribution in [3.05, 3.63) is 77.4 Å². The molecule has 2 aromatic carbocycles. The Morgan fingerprint density at radius 1 is 1.06 bits per heavy atom. The Balaban J connectivity index is 2.40. The van der Waals surface area contributed by atoms with Crippen LogP contribution >= 0.6 is 12.6 Å². The van der Waals surface area contributed by atoms with E-state index in [1.54, 1.807) is 6.07 Å². The standard InChI is InChI=1S/C16H14OS/c1-2-12-7-3-4-8-13(12)11-14-9-5-6-10-15(14)16(17)18/h2-10H,1,11H2,(H,17,18). The molecule has 0 aromatic heterocycles. The van der Waals surface area contributed by atoms with Crippen LogP contribution in [-0.2, 0) is 6.42 Å².